The summed E-state index contributed by atoms with van der Waals surface area (Å²) in [4.78, 5) is 11.3. The average Bonchev–Trinajstić information content (AvgIpc) is 2.26. The number of nitrogens with one attached hydrogen (secondary N) is 2. The van der Waals surface area contributed by atoms with Crippen LogP contribution in [-0.4, -0.2) is 27.6 Å². The lowest BCUT2D eigenvalue weighted by Gasteiger charge is -2.11. The Morgan fingerprint density at radius 3 is 2.47 bits per heavy atom. The predicted octanol–water partition coefficient (Wildman–Crippen LogP) is 0.674. The van der Waals surface area contributed by atoms with Crippen LogP contribution >= 0.6 is 0 Å². The van der Waals surface area contributed by atoms with Crippen molar-refractivity contribution in [2.45, 2.75) is 24.8 Å². The van der Waals surface area contributed by atoms with Crippen LogP contribution in [0.4, 0.5) is 10.5 Å². The number of hydrogen-bond acceptors (Lipinski definition) is 5. The molecule has 0 saturated heterocycles. The molecule has 8 heteroatoms. The Morgan fingerprint density at radius 1 is 1.37 bits per heavy atom. The van der Waals surface area contributed by atoms with Gasteiger partial charge in [-0.1, -0.05) is 0 Å². The minimum Gasteiger partial charge on any atom is -0.495 e. The van der Waals surface area contributed by atoms with Gasteiger partial charge < -0.3 is 15.8 Å². The third-order valence-corrected chi connectivity index (χ3v) is 3.49. The number of nitrogen functional groups attached to an aromatic ring is 1. The quantitative estimate of drug-likeness (QED) is 0.705. The Bertz CT molecular complexity index is 569. The maximum atomic E-state index is 11.9. The molecule has 0 spiro atoms. The minimum atomic E-state index is -3.95. The summed E-state index contributed by atoms with van der Waals surface area (Å²) in [6, 6.07) is 2.99. The summed E-state index contributed by atoms with van der Waals surface area (Å²) in [7, 11) is -2.53. The molecule has 1 rings (SSSR count). The van der Waals surface area contributed by atoms with Gasteiger partial charge in [-0.05, 0) is 32.0 Å². The monoisotopic (exact) mass is 287 g/mol. The molecular weight excluding hydrogens is 270 g/mol. The Hall–Kier alpha value is -1.96. The van der Waals surface area contributed by atoms with Crippen LogP contribution < -0.4 is 20.5 Å². The SMILES string of the molecule is COc1ccc(S(=O)(=O)NC(=O)NC(C)C)cc1N. The van der Waals surface area contributed by atoms with Crippen molar-refractivity contribution in [2.24, 2.45) is 0 Å². The minimum absolute atomic E-state index is 0.107. The summed E-state index contributed by atoms with van der Waals surface area (Å²) >= 11 is 0. The first-order chi connectivity index (χ1) is 8.76. The zero-order valence-electron chi connectivity index (χ0n) is 10.9. The largest absolute Gasteiger partial charge is 0.495 e. The summed E-state index contributed by atoms with van der Waals surface area (Å²) in [6.07, 6.45) is 0. The van der Waals surface area contributed by atoms with Crippen LogP contribution in [0.3, 0.4) is 0 Å². The Morgan fingerprint density at radius 2 is 2.00 bits per heavy atom. The van der Waals surface area contributed by atoms with Crippen LogP contribution in [0.2, 0.25) is 0 Å². The molecule has 0 aliphatic rings. The number of sulfonamides is 1. The zero-order valence-corrected chi connectivity index (χ0v) is 11.7. The first kappa shape index (κ1) is 15.1. The number of carbonyl (C=O) groups is 1. The molecule has 4 N–H and O–H groups in total. The molecular formula is C11H17N3O4S. The highest BCUT2D eigenvalue weighted by atomic mass is 32.2. The van der Waals surface area contributed by atoms with Crippen LogP contribution in [0.25, 0.3) is 0 Å². The smallest absolute Gasteiger partial charge is 0.328 e. The van der Waals surface area contributed by atoms with E-state index in [0.29, 0.717) is 5.75 Å². The van der Waals surface area contributed by atoms with Crippen molar-refractivity contribution in [2.75, 3.05) is 12.8 Å². The summed E-state index contributed by atoms with van der Waals surface area (Å²) in [6.45, 7) is 3.44. The van der Waals surface area contributed by atoms with E-state index in [1.54, 1.807) is 13.8 Å². The Labute approximate surface area is 112 Å². The van der Waals surface area contributed by atoms with Gasteiger partial charge in [0.15, 0.2) is 0 Å². The molecule has 7 nitrogen and oxygen atoms in total. The molecule has 0 aliphatic carbocycles. The molecule has 0 radical (unpaired) electrons. The van der Waals surface area contributed by atoms with Crippen molar-refractivity contribution >= 4 is 21.7 Å². The van der Waals surface area contributed by atoms with Gasteiger partial charge in [0.1, 0.15) is 5.75 Å². The second-order valence-corrected chi connectivity index (χ2v) is 5.82. The van der Waals surface area contributed by atoms with Crippen molar-refractivity contribution in [3.63, 3.8) is 0 Å². The van der Waals surface area contributed by atoms with Crippen molar-refractivity contribution in [3.05, 3.63) is 18.2 Å². The molecule has 0 bridgehead atoms. The van der Waals surface area contributed by atoms with Crippen LogP contribution in [0.15, 0.2) is 23.1 Å². The topological polar surface area (TPSA) is 111 Å². The third-order valence-electron chi connectivity index (χ3n) is 2.16. The van der Waals surface area contributed by atoms with Crippen molar-refractivity contribution in [1.29, 1.82) is 0 Å². The standard InChI is InChI=1S/C11H17N3O4S/c1-7(2)13-11(15)14-19(16,17)8-4-5-10(18-3)9(12)6-8/h4-7H,12H2,1-3H3,(H2,13,14,15). The fraction of sp³-hybridized carbons (Fsp3) is 0.364. The second-order valence-electron chi connectivity index (χ2n) is 4.14. The van der Waals surface area contributed by atoms with Crippen LogP contribution in [-0.2, 0) is 10.0 Å². The zero-order chi connectivity index (χ0) is 14.6. The first-order valence-electron chi connectivity index (χ1n) is 5.53. The number of rotatable bonds is 4. The van der Waals surface area contributed by atoms with E-state index in [2.05, 4.69) is 5.32 Å². The van der Waals surface area contributed by atoms with E-state index in [9.17, 15) is 13.2 Å². The highest BCUT2D eigenvalue weighted by Crippen LogP contribution is 2.24. The number of methoxy groups -OCH3 is 1. The summed E-state index contributed by atoms with van der Waals surface area (Å²) in [5, 5.41) is 2.42. The van der Waals surface area contributed by atoms with Gasteiger partial charge in [0.05, 0.1) is 17.7 Å². The predicted molar refractivity (Wildman–Crippen MR) is 71.4 cm³/mol. The number of hydrogen-bond donors (Lipinski definition) is 3. The molecule has 2 amide bonds. The number of amides is 2. The highest BCUT2D eigenvalue weighted by Gasteiger charge is 2.19. The average molecular weight is 287 g/mol. The van der Waals surface area contributed by atoms with Crippen LogP contribution in [0.5, 0.6) is 5.75 Å². The highest BCUT2D eigenvalue weighted by molar-refractivity contribution is 7.90. The van der Waals surface area contributed by atoms with Crippen LogP contribution in [0, 0.1) is 0 Å². The van der Waals surface area contributed by atoms with E-state index in [0.717, 1.165) is 0 Å². The molecule has 1 aromatic carbocycles. The molecule has 0 atom stereocenters. The first-order valence-corrected chi connectivity index (χ1v) is 7.01. The molecule has 0 saturated carbocycles. The molecule has 19 heavy (non-hydrogen) atoms. The molecule has 0 unspecified atom stereocenters. The van der Waals surface area contributed by atoms with E-state index < -0.39 is 16.1 Å². The maximum absolute atomic E-state index is 11.9. The van der Waals surface area contributed by atoms with Gasteiger partial charge in [0.25, 0.3) is 10.0 Å². The van der Waals surface area contributed by atoms with Gasteiger partial charge in [-0.25, -0.2) is 17.9 Å². The number of ether oxygens (including phenoxy) is 1. The summed E-state index contributed by atoms with van der Waals surface area (Å²) in [5.74, 6) is 0.366. The molecule has 106 valence electrons. The van der Waals surface area contributed by atoms with E-state index in [1.807, 2.05) is 4.72 Å². The van der Waals surface area contributed by atoms with Crippen molar-refractivity contribution < 1.29 is 17.9 Å². The van der Waals surface area contributed by atoms with Gasteiger partial charge in [0.2, 0.25) is 0 Å². The molecule has 0 heterocycles. The Kier molecular flexibility index (Phi) is 4.60. The van der Waals surface area contributed by atoms with Gasteiger partial charge in [-0.2, -0.15) is 0 Å². The third kappa shape index (κ3) is 4.02. The molecule has 0 aromatic heterocycles. The van der Waals surface area contributed by atoms with Gasteiger partial charge in [-0.15, -0.1) is 0 Å². The van der Waals surface area contributed by atoms with Crippen molar-refractivity contribution in [3.8, 4) is 5.75 Å². The van der Waals surface area contributed by atoms with Gasteiger partial charge >= 0.3 is 6.03 Å². The fourth-order valence-corrected chi connectivity index (χ4v) is 2.30. The van der Waals surface area contributed by atoms with E-state index in [-0.39, 0.29) is 16.6 Å². The normalized spacial score (nSPS) is 11.2. The lowest BCUT2D eigenvalue weighted by Crippen LogP contribution is -2.42. The lowest BCUT2D eigenvalue weighted by atomic mass is 10.3. The number of nitrogens with two attached hydrogens (primary N) is 1. The van der Waals surface area contributed by atoms with Crippen molar-refractivity contribution in [1.82, 2.24) is 10.0 Å². The van der Waals surface area contributed by atoms with E-state index in [1.165, 1.54) is 25.3 Å². The number of urea groups is 1. The van der Waals surface area contributed by atoms with E-state index >= 15 is 0 Å². The van der Waals surface area contributed by atoms with Gasteiger partial charge in [-0.3, -0.25) is 0 Å². The molecule has 0 fully saturated rings. The molecule has 1 aromatic rings. The number of benzene rings is 1. The summed E-state index contributed by atoms with van der Waals surface area (Å²) in [5.41, 5.74) is 5.80. The fourth-order valence-electron chi connectivity index (χ4n) is 1.35. The lowest BCUT2D eigenvalue weighted by molar-refractivity contribution is 0.243. The number of anilines is 1. The van der Waals surface area contributed by atoms with Gasteiger partial charge in [0, 0.05) is 6.04 Å². The van der Waals surface area contributed by atoms with E-state index in [4.69, 9.17) is 10.5 Å². The Balaban J connectivity index is 2.95. The summed E-state index contributed by atoms with van der Waals surface area (Å²) < 4.78 is 30.6. The second kappa shape index (κ2) is 5.79. The number of carbonyl (C=O) groups excluding carboxylic acids is 1. The maximum Gasteiger partial charge on any atom is 0.328 e. The van der Waals surface area contributed by atoms with Crippen LogP contribution in [0.1, 0.15) is 13.8 Å². The molecule has 0 aliphatic heterocycles.